The lowest BCUT2D eigenvalue weighted by molar-refractivity contribution is 0.0521. The number of aliphatic hydroxyl groups is 1. The Bertz CT molecular complexity index is 1270. The van der Waals surface area contributed by atoms with Crippen LogP contribution >= 0.6 is 0 Å². The van der Waals surface area contributed by atoms with Gasteiger partial charge in [0.25, 0.3) is 14.9 Å². The van der Waals surface area contributed by atoms with Crippen molar-refractivity contribution >= 4 is 37.8 Å². The first kappa shape index (κ1) is 24.0. The number of hydrogen-bond donors (Lipinski definition) is 1. The van der Waals surface area contributed by atoms with Crippen LogP contribution in [0.5, 0.6) is 5.75 Å². The third-order valence-corrected chi connectivity index (χ3v) is 8.34. The summed E-state index contributed by atoms with van der Waals surface area (Å²) in [5.74, 6) is 0.400. The molecule has 2 heterocycles. The van der Waals surface area contributed by atoms with Crippen LogP contribution in [-0.4, -0.2) is 41.5 Å². The van der Waals surface area contributed by atoms with Gasteiger partial charge in [-0.1, -0.05) is 39.0 Å². The summed E-state index contributed by atoms with van der Waals surface area (Å²) in [6.45, 7) is 13.8. The molecule has 4 rings (SSSR count). The fourth-order valence-corrected chi connectivity index (χ4v) is 4.39. The largest absolute Gasteiger partial charge is 0.542 e. The maximum atomic E-state index is 13.2. The van der Waals surface area contributed by atoms with Crippen LogP contribution in [0.2, 0.25) is 11.6 Å². The predicted octanol–water partition coefficient (Wildman–Crippen LogP) is 5.27. The highest BCUT2D eigenvalue weighted by atomic mass is 28.3. The first-order valence-electron chi connectivity index (χ1n) is 11.2. The number of fused-ring (bicyclic) bond motifs is 2. The number of aliphatic hydroxyl groups excluding tert-OH is 1. The number of carbonyl (C=O) groups excluding carboxylic acids is 2. The van der Waals surface area contributed by atoms with Crippen molar-refractivity contribution in [2.75, 3.05) is 4.90 Å². The van der Waals surface area contributed by atoms with E-state index >= 15 is 0 Å². The minimum Gasteiger partial charge on any atom is -0.542 e. The lowest BCUT2D eigenvalue weighted by Crippen LogP contribution is -2.30. The normalized spacial score (nSPS) is 16.3. The van der Waals surface area contributed by atoms with Crippen molar-refractivity contribution in [3.63, 3.8) is 0 Å². The fraction of sp³-hybridized carbons (Fsp3) is 0.400. The van der Waals surface area contributed by atoms with Gasteiger partial charge < -0.3 is 14.3 Å². The van der Waals surface area contributed by atoms with Crippen LogP contribution in [0.25, 0.3) is 10.9 Å². The van der Waals surface area contributed by atoms with Gasteiger partial charge in [0, 0.05) is 22.6 Å². The first-order chi connectivity index (χ1) is 15.8. The highest BCUT2D eigenvalue weighted by Crippen LogP contribution is 2.40. The number of nitrogens with zero attached hydrogens (tertiary/aromatic N) is 3. The number of ether oxygens (including phenoxy) is 1. The van der Waals surface area contributed by atoms with Gasteiger partial charge in [-0.2, -0.15) is 4.68 Å². The SMILES string of the molecule is C[Si](Oc1ccc2c(N3C(=O)c4ccccc4C3O)nn(C(=O)OC(C)(C)C)c2c1)C(C)(C)C. The molecule has 0 fully saturated rings. The van der Waals surface area contributed by atoms with Gasteiger partial charge in [0.2, 0.25) is 0 Å². The predicted molar refractivity (Wildman–Crippen MR) is 132 cm³/mol. The molecule has 1 N–H and O–H groups in total. The van der Waals surface area contributed by atoms with Gasteiger partial charge in [-0.05, 0) is 50.6 Å². The van der Waals surface area contributed by atoms with Crippen LogP contribution in [0.1, 0.15) is 63.7 Å². The zero-order valence-electron chi connectivity index (χ0n) is 20.5. The van der Waals surface area contributed by atoms with Crippen molar-refractivity contribution in [1.29, 1.82) is 0 Å². The molecule has 1 aliphatic heterocycles. The van der Waals surface area contributed by atoms with Gasteiger partial charge in [-0.3, -0.25) is 9.69 Å². The maximum absolute atomic E-state index is 13.2. The molecule has 0 saturated heterocycles. The van der Waals surface area contributed by atoms with Crippen molar-refractivity contribution in [1.82, 2.24) is 9.78 Å². The van der Waals surface area contributed by atoms with Crippen molar-refractivity contribution in [2.45, 2.75) is 65.0 Å². The molecule has 1 aliphatic rings. The topological polar surface area (TPSA) is 93.9 Å². The molecule has 1 unspecified atom stereocenters. The Labute approximate surface area is 200 Å². The van der Waals surface area contributed by atoms with Crippen molar-refractivity contribution in [3.8, 4) is 5.75 Å². The van der Waals surface area contributed by atoms with E-state index in [1.54, 1.807) is 63.2 Å². The number of benzene rings is 2. The van der Waals surface area contributed by atoms with Gasteiger partial charge in [-0.15, -0.1) is 5.10 Å². The van der Waals surface area contributed by atoms with E-state index < -0.39 is 27.0 Å². The lowest BCUT2D eigenvalue weighted by Gasteiger charge is -2.25. The quantitative estimate of drug-likeness (QED) is 0.513. The summed E-state index contributed by atoms with van der Waals surface area (Å²) in [7, 11) is -1.20. The number of amides is 1. The molecule has 1 atom stereocenters. The smallest absolute Gasteiger partial charge is 0.435 e. The second-order valence-corrected chi connectivity index (χ2v) is 13.3. The average molecular weight is 481 g/mol. The molecule has 1 aromatic heterocycles. The molecule has 9 heteroatoms. The number of anilines is 1. The monoisotopic (exact) mass is 480 g/mol. The summed E-state index contributed by atoms with van der Waals surface area (Å²) in [4.78, 5) is 27.4. The number of aromatic nitrogens is 2. The average Bonchev–Trinajstić information content (AvgIpc) is 3.21. The molecule has 2 aromatic carbocycles. The third kappa shape index (κ3) is 4.33. The molecule has 3 aromatic rings. The molecule has 0 aliphatic carbocycles. The van der Waals surface area contributed by atoms with E-state index in [-0.39, 0.29) is 16.8 Å². The van der Waals surface area contributed by atoms with Crippen molar-refractivity contribution in [2.24, 2.45) is 0 Å². The van der Waals surface area contributed by atoms with Crippen LogP contribution in [-0.2, 0) is 4.74 Å². The Hall–Kier alpha value is -3.17. The number of carbonyl (C=O) groups is 2. The van der Waals surface area contributed by atoms with Crippen LogP contribution in [0.4, 0.5) is 10.6 Å². The molecule has 0 saturated carbocycles. The molecule has 0 spiro atoms. The van der Waals surface area contributed by atoms with Crippen molar-refractivity contribution in [3.05, 3.63) is 53.6 Å². The summed E-state index contributed by atoms with van der Waals surface area (Å²) >= 11 is 0. The highest BCUT2D eigenvalue weighted by molar-refractivity contribution is 6.54. The third-order valence-electron chi connectivity index (χ3n) is 5.69. The number of hydrogen-bond acceptors (Lipinski definition) is 6. The summed E-state index contributed by atoms with van der Waals surface area (Å²) in [5.41, 5.74) is 0.588. The minimum atomic E-state index is -1.21. The second kappa shape index (κ2) is 8.25. The molecule has 179 valence electrons. The Balaban J connectivity index is 1.84. The van der Waals surface area contributed by atoms with E-state index in [0.29, 0.717) is 27.8 Å². The zero-order valence-corrected chi connectivity index (χ0v) is 21.5. The molecule has 0 bridgehead atoms. The minimum absolute atomic E-state index is 0.00799. The Morgan fingerprint density at radius 3 is 2.38 bits per heavy atom. The van der Waals surface area contributed by atoms with E-state index in [1.807, 2.05) is 0 Å². The zero-order chi connectivity index (χ0) is 25.0. The van der Waals surface area contributed by atoms with E-state index in [9.17, 15) is 14.7 Å². The van der Waals surface area contributed by atoms with Gasteiger partial charge >= 0.3 is 6.09 Å². The van der Waals surface area contributed by atoms with Crippen LogP contribution in [0.3, 0.4) is 0 Å². The number of rotatable bonds is 3. The summed E-state index contributed by atoms with van der Waals surface area (Å²) in [6.07, 6.45) is -1.89. The van der Waals surface area contributed by atoms with Gasteiger partial charge in [0.15, 0.2) is 12.0 Å². The van der Waals surface area contributed by atoms with E-state index in [4.69, 9.17) is 9.16 Å². The van der Waals surface area contributed by atoms with E-state index in [1.165, 1.54) is 4.90 Å². The summed E-state index contributed by atoms with van der Waals surface area (Å²) in [6, 6.07) is 12.2. The molecular weight excluding hydrogens is 450 g/mol. The second-order valence-electron chi connectivity index (χ2n) is 10.4. The van der Waals surface area contributed by atoms with Gasteiger partial charge in [0.05, 0.1) is 5.52 Å². The molecule has 1 amide bonds. The molecule has 8 nitrogen and oxygen atoms in total. The fourth-order valence-electron chi connectivity index (χ4n) is 3.60. The van der Waals surface area contributed by atoms with Crippen LogP contribution < -0.4 is 9.33 Å². The van der Waals surface area contributed by atoms with Crippen molar-refractivity contribution < 1.29 is 23.9 Å². The summed E-state index contributed by atoms with van der Waals surface area (Å²) < 4.78 is 12.9. The van der Waals surface area contributed by atoms with E-state index in [2.05, 4.69) is 32.4 Å². The van der Waals surface area contributed by atoms with Crippen LogP contribution in [0.15, 0.2) is 42.5 Å². The molecule has 1 radical (unpaired) electrons. The molecular formula is C25H30N3O5Si. The Morgan fingerprint density at radius 2 is 1.76 bits per heavy atom. The summed E-state index contributed by atoms with van der Waals surface area (Å²) in [5, 5.41) is 15.9. The Morgan fingerprint density at radius 1 is 1.09 bits per heavy atom. The van der Waals surface area contributed by atoms with Crippen LogP contribution in [0, 0.1) is 0 Å². The van der Waals surface area contributed by atoms with Gasteiger partial charge in [-0.25, -0.2) is 4.79 Å². The highest BCUT2D eigenvalue weighted by Gasteiger charge is 2.39. The molecule has 34 heavy (non-hydrogen) atoms. The maximum Gasteiger partial charge on any atom is 0.435 e. The van der Waals surface area contributed by atoms with E-state index in [0.717, 1.165) is 4.68 Å². The first-order valence-corrected chi connectivity index (χ1v) is 13.1. The Kier molecular flexibility index (Phi) is 5.81. The van der Waals surface area contributed by atoms with Gasteiger partial charge in [0.1, 0.15) is 11.4 Å². The standard InChI is InChI=1S/C25H30N3O5Si/c1-24(2,3)32-23(31)28-19-14-15(33-34(7)25(4,5)6)12-13-18(19)20(26-28)27-21(29)16-10-8-9-11-17(16)22(27)30/h8-14,21,29H,1-7H3. The lowest BCUT2D eigenvalue weighted by atomic mass is 10.1.